The minimum absolute atomic E-state index is 0.222. The first kappa shape index (κ1) is 18.6. The number of ketones is 1. The molecule has 21 heavy (non-hydrogen) atoms. The van der Waals surface area contributed by atoms with Gasteiger partial charge in [-0.1, -0.05) is 34.6 Å². The van der Waals surface area contributed by atoms with Crippen LogP contribution in [0, 0.1) is 5.92 Å². The predicted molar refractivity (Wildman–Crippen MR) is 94.7 cm³/mol. The molecule has 0 unspecified atom stereocenters. The predicted octanol–water partition coefficient (Wildman–Crippen LogP) is 5.89. The van der Waals surface area contributed by atoms with Gasteiger partial charge in [-0.05, 0) is 36.5 Å². The third-order valence-corrected chi connectivity index (χ3v) is 9.69. The Bertz CT molecular complexity index is 469. The monoisotopic (exact) mass is 326 g/mol. The normalized spacial score (nSPS) is 13.0. The van der Waals surface area contributed by atoms with Gasteiger partial charge in [0.2, 0.25) is 0 Å². The molecule has 0 spiro atoms. The van der Waals surface area contributed by atoms with Crippen LogP contribution in [-0.4, -0.2) is 14.1 Å². The van der Waals surface area contributed by atoms with Gasteiger partial charge in [-0.15, -0.1) is 11.3 Å². The van der Waals surface area contributed by atoms with Crippen molar-refractivity contribution in [1.29, 1.82) is 0 Å². The molecule has 4 heteroatoms. The van der Waals surface area contributed by atoms with E-state index < -0.39 is 8.32 Å². The number of carbonyl (C=O) groups is 1. The number of Topliss-reactive ketones (excluding diaryl/α,β-unsaturated/α-hetero) is 1. The van der Waals surface area contributed by atoms with Crippen molar-refractivity contribution in [3.8, 4) is 0 Å². The Balaban J connectivity index is 2.58. The van der Waals surface area contributed by atoms with Crippen molar-refractivity contribution >= 4 is 25.4 Å². The lowest BCUT2D eigenvalue weighted by Crippen LogP contribution is -2.40. The van der Waals surface area contributed by atoms with Crippen LogP contribution >= 0.6 is 11.3 Å². The molecular weight excluding hydrogens is 296 g/mol. The number of thiophene rings is 1. The summed E-state index contributed by atoms with van der Waals surface area (Å²) in [7, 11) is -1.71. The summed E-state index contributed by atoms with van der Waals surface area (Å²) < 4.78 is 6.21. The van der Waals surface area contributed by atoms with E-state index in [2.05, 4.69) is 47.7 Å². The van der Waals surface area contributed by atoms with Gasteiger partial charge in [0.1, 0.15) is 0 Å². The first-order valence-corrected chi connectivity index (χ1v) is 11.6. The molecule has 1 aromatic rings. The van der Waals surface area contributed by atoms with Crippen molar-refractivity contribution < 1.29 is 9.22 Å². The maximum absolute atomic E-state index is 12.1. The van der Waals surface area contributed by atoms with E-state index in [1.54, 1.807) is 11.3 Å². The Labute approximate surface area is 135 Å². The third-order valence-electron chi connectivity index (χ3n) is 4.31. The average Bonchev–Trinajstić information content (AvgIpc) is 2.81. The van der Waals surface area contributed by atoms with Crippen molar-refractivity contribution in [3.05, 3.63) is 21.9 Å². The van der Waals surface area contributed by atoms with E-state index in [0.29, 0.717) is 18.9 Å². The first-order chi connectivity index (χ1) is 9.53. The summed E-state index contributed by atoms with van der Waals surface area (Å²) in [5.41, 5.74) is 0.856. The summed E-state index contributed by atoms with van der Waals surface area (Å²) in [5.74, 6) is 0.840. The SMILES string of the molecule is CC(C)CCC(=O)c1csc(CO[Si](C)(C)C(C)(C)C)c1. The number of hydrogen-bond acceptors (Lipinski definition) is 3. The molecule has 0 aromatic carbocycles. The van der Waals surface area contributed by atoms with Crippen LogP contribution in [-0.2, 0) is 11.0 Å². The third kappa shape index (κ3) is 5.68. The summed E-state index contributed by atoms with van der Waals surface area (Å²) in [6, 6.07) is 2.01. The highest BCUT2D eigenvalue weighted by Gasteiger charge is 2.37. The molecule has 0 aliphatic carbocycles. The Morgan fingerprint density at radius 3 is 2.48 bits per heavy atom. The maximum Gasteiger partial charge on any atom is 0.192 e. The van der Waals surface area contributed by atoms with Crippen molar-refractivity contribution in [2.45, 2.75) is 72.2 Å². The fraction of sp³-hybridized carbons (Fsp3) is 0.706. The van der Waals surface area contributed by atoms with Gasteiger partial charge in [-0.2, -0.15) is 0 Å². The largest absolute Gasteiger partial charge is 0.412 e. The zero-order valence-corrected chi connectivity index (χ0v) is 16.4. The van der Waals surface area contributed by atoms with Gasteiger partial charge in [0, 0.05) is 22.2 Å². The van der Waals surface area contributed by atoms with Crippen LogP contribution in [0.4, 0.5) is 0 Å². The molecule has 0 radical (unpaired) electrons. The standard InChI is InChI=1S/C17H30O2SSi/c1-13(2)8-9-16(18)14-10-15(20-12-14)11-19-21(6,7)17(3,4)5/h10,12-13H,8-9,11H2,1-7H3. The van der Waals surface area contributed by atoms with Gasteiger partial charge < -0.3 is 4.43 Å². The minimum atomic E-state index is -1.71. The molecule has 1 heterocycles. The Kier molecular flexibility index (Phi) is 6.38. The maximum atomic E-state index is 12.1. The lowest BCUT2D eigenvalue weighted by Gasteiger charge is -2.36. The molecule has 0 atom stereocenters. The van der Waals surface area contributed by atoms with Crippen molar-refractivity contribution in [2.75, 3.05) is 0 Å². The van der Waals surface area contributed by atoms with E-state index in [1.165, 1.54) is 0 Å². The lowest BCUT2D eigenvalue weighted by molar-refractivity contribution is 0.0976. The smallest absolute Gasteiger partial charge is 0.192 e. The van der Waals surface area contributed by atoms with Gasteiger partial charge in [0.05, 0.1) is 6.61 Å². The fourth-order valence-corrected chi connectivity index (χ4v) is 3.49. The van der Waals surface area contributed by atoms with E-state index in [-0.39, 0.29) is 10.8 Å². The second-order valence-electron chi connectivity index (χ2n) is 7.71. The molecule has 120 valence electrons. The zero-order valence-electron chi connectivity index (χ0n) is 14.6. The molecule has 0 saturated heterocycles. The van der Waals surface area contributed by atoms with Gasteiger partial charge in [-0.3, -0.25) is 4.79 Å². The van der Waals surface area contributed by atoms with E-state index in [9.17, 15) is 4.79 Å². The van der Waals surface area contributed by atoms with Crippen LogP contribution in [0.5, 0.6) is 0 Å². The second-order valence-corrected chi connectivity index (χ2v) is 13.5. The first-order valence-electron chi connectivity index (χ1n) is 7.77. The molecule has 0 amide bonds. The highest BCUT2D eigenvalue weighted by molar-refractivity contribution is 7.10. The molecule has 1 aromatic heterocycles. The average molecular weight is 327 g/mol. The second kappa shape index (κ2) is 7.21. The Morgan fingerprint density at radius 2 is 1.95 bits per heavy atom. The highest BCUT2D eigenvalue weighted by atomic mass is 32.1. The number of rotatable bonds is 7. The van der Waals surface area contributed by atoms with Crippen molar-refractivity contribution in [3.63, 3.8) is 0 Å². The summed E-state index contributed by atoms with van der Waals surface area (Å²) in [6.07, 6.45) is 1.61. The molecule has 0 aliphatic heterocycles. The molecule has 0 saturated carbocycles. The van der Waals surface area contributed by atoms with Crippen LogP contribution in [0.25, 0.3) is 0 Å². The van der Waals surface area contributed by atoms with E-state index in [4.69, 9.17) is 4.43 Å². The van der Waals surface area contributed by atoms with Crippen LogP contribution in [0.2, 0.25) is 18.1 Å². The highest BCUT2D eigenvalue weighted by Crippen LogP contribution is 2.37. The van der Waals surface area contributed by atoms with E-state index in [1.807, 2.05) is 11.4 Å². The summed E-state index contributed by atoms with van der Waals surface area (Å²) >= 11 is 1.64. The van der Waals surface area contributed by atoms with Crippen LogP contribution in [0.1, 0.15) is 62.7 Å². The summed E-state index contributed by atoms with van der Waals surface area (Å²) in [4.78, 5) is 13.3. The fourth-order valence-electron chi connectivity index (χ4n) is 1.63. The minimum Gasteiger partial charge on any atom is -0.412 e. The topological polar surface area (TPSA) is 26.3 Å². The molecule has 1 rings (SSSR count). The van der Waals surface area contributed by atoms with Crippen molar-refractivity contribution in [2.24, 2.45) is 5.92 Å². The van der Waals surface area contributed by atoms with Crippen molar-refractivity contribution in [1.82, 2.24) is 0 Å². The molecule has 2 nitrogen and oxygen atoms in total. The van der Waals surface area contributed by atoms with Gasteiger partial charge in [-0.25, -0.2) is 0 Å². The number of hydrogen-bond donors (Lipinski definition) is 0. The number of carbonyl (C=O) groups excluding carboxylic acids is 1. The van der Waals surface area contributed by atoms with Gasteiger partial charge >= 0.3 is 0 Å². The lowest BCUT2D eigenvalue weighted by atomic mass is 10.0. The van der Waals surface area contributed by atoms with Gasteiger partial charge in [0.25, 0.3) is 0 Å². The molecule has 0 bridgehead atoms. The van der Waals surface area contributed by atoms with Crippen LogP contribution in [0.3, 0.4) is 0 Å². The molecule has 0 N–H and O–H groups in total. The van der Waals surface area contributed by atoms with E-state index >= 15 is 0 Å². The molecular formula is C17H30O2SSi. The molecule has 0 aliphatic rings. The summed E-state index contributed by atoms with van der Waals surface area (Å²) in [5, 5.41) is 2.20. The van der Waals surface area contributed by atoms with Crippen LogP contribution < -0.4 is 0 Å². The van der Waals surface area contributed by atoms with Gasteiger partial charge in [0.15, 0.2) is 14.1 Å². The Morgan fingerprint density at radius 1 is 1.33 bits per heavy atom. The zero-order chi connectivity index (χ0) is 16.3. The quantitative estimate of drug-likeness (QED) is 0.461. The Hall–Kier alpha value is -0.453. The van der Waals surface area contributed by atoms with E-state index in [0.717, 1.165) is 16.9 Å². The molecule has 0 fully saturated rings. The van der Waals surface area contributed by atoms with Crippen LogP contribution in [0.15, 0.2) is 11.4 Å². The summed E-state index contributed by atoms with van der Waals surface area (Å²) in [6.45, 7) is 16.2.